The van der Waals surface area contributed by atoms with Crippen LogP contribution in [-0.4, -0.2) is 24.2 Å². The van der Waals surface area contributed by atoms with E-state index in [0.717, 1.165) is 22.7 Å². The maximum Gasteiger partial charge on any atom is 0.226 e. The highest BCUT2D eigenvalue weighted by Gasteiger charge is 2.18. The van der Waals surface area contributed by atoms with Crippen LogP contribution in [0.5, 0.6) is 11.5 Å². The van der Waals surface area contributed by atoms with Crippen molar-refractivity contribution >= 4 is 11.6 Å². The van der Waals surface area contributed by atoms with Gasteiger partial charge in [-0.25, -0.2) is 0 Å². The Bertz CT molecular complexity index is 858. The predicted octanol–water partition coefficient (Wildman–Crippen LogP) is 4.51. The van der Waals surface area contributed by atoms with E-state index in [0.29, 0.717) is 13.0 Å². The zero-order valence-corrected chi connectivity index (χ0v) is 15.6. The molecular weight excluding hydrogens is 340 g/mol. The SMILES string of the molecule is CCOc1ccc(NC(=O)C[C@H](c2cccc(OC)c2)n2cccc2)cc1. The fourth-order valence-corrected chi connectivity index (χ4v) is 2.99. The number of nitrogens with one attached hydrogen (secondary N) is 1. The summed E-state index contributed by atoms with van der Waals surface area (Å²) in [6.07, 6.45) is 4.25. The van der Waals surface area contributed by atoms with Gasteiger partial charge in [-0.15, -0.1) is 0 Å². The van der Waals surface area contributed by atoms with Gasteiger partial charge in [0.05, 0.1) is 26.2 Å². The number of nitrogens with zero attached hydrogens (tertiary/aromatic N) is 1. The second-order valence-electron chi connectivity index (χ2n) is 6.13. The Labute approximate surface area is 159 Å². The van der Waals surface area contributed by atoms with Crippen molar-refractivity contribution in [2.45, 2.75) is 19.4 Å². The summed E-state index contributed by atoms with van der Waals surface area (Å²) in [5.74, 6) is 1.51. The van der Waals surface area contributed by atoms with Gasteiger partial charge in [0, 0.05) is 18.1 Å². The molecule has 0 fully saturated rings. The van der Waals surface area contributed by atoms with Crippen molar-refractivity contribution in [3.63, 3.8) is 0 Å². The van der Waals surface area contributed by atoms with Gasteiger partial charge in [0.1, 0.15) is 11.5 Å². The van der Waals surface area contributed by atoms with E-state index >= 15 is 0 Å². The molecule has 3 aromatic rings. The Morgan fingerprint density at radius 1 is 1.04 bits per heavy atom. The predicted molar refractivity (Wildman–Crippen MR) is 106 cm³/mol. The molecule has 1 N–H and O–H groups in total. The summed E-state index contributed by atoms with van der Waals surface area (Å²) in [4.78, 5) is 12.7. The molecule has 0 saturated heterocycles. The third-order valence-electron chi connectivity index (χ3n) is 4.29. The third kappa shape index (κ3) is 4.91. The van der Waals surface area contributed by atoms with E-state index in [1.54, 1.807) is 7.11 Å². The quantitative estimate of drug-likeness (QED) is 0.640. The summed E-state index contributed by atoms with van der Waals surface area (Å²) >= 11 is 0. The number of carbonyl (C=O) groups is 1. The molecule has 0 aliphatic rings. The highest BCUT2D eigenvalue weighted by Crippen LogP contribution is 2.26. The largest absolute Gasteiger partial charge is 0.497 e. The van der Waals surface area contributed by atoms with Crippen LogP contribution in [0.1, 0.15) is 24.9 Å². The zero-order chi connectivity index (χ0) is 19.1. The van der Waals surface area contributed by atoms with E-state index in [2.05, 4.69) is 5.32 Å². The summed E-state index contributed by atoms with van der Waals surface area (Å²) in [5.41, 5.74) is 1.77. The van der Waals surface area contributed by atoms with Crippen LogP contribution in [0.4, 0.5) is 5.69 Å². The summed E-state index contributed by atoms with van der Waals surface area (Å²) in [5, 5.41) is 2.96. The highest BCUT2D eigenvalue weighted by molar-refractivity contribution is 5.91. The minimum Gasteiger partial charge on any atom is -0.497 e. The van der Waals surface area contributed by atoms with Crippen molar-refractivity contribution in [3.8, 4) is 11.5 Å². The van der Waals surface area contributed by atoms with Crippen molar-refractivity contribution in [2.24, 2.45) is 0 Å². The van der Waals surface area contributed by atoms with Crippen LogP contribution in [0.15, 0.2) is 73.1 Å². The van der Waals surface area contributed by atoms with Crippen LogP contribution in [0.3, 0.4) is 0 Å². The first-order chi connectivity index (χ1) is 13.2. The molecule has 27 heavy (non-hydrogen) atoms. The molecule has 0 spiro atoms. The van der Waals surface area contributed by atoms with Gasteiger partial charge in [-0.1, -0.05) is 12.1 Å². The van der Waals surface area contributed by atoms with Crippen LogP contribution >= 0.6 is 0 Å². The number of hydrogen-bond donors (Lipinski definition) is 1. The number of ether oxygens (including phenoxy) is 2. The first-order valence-electron chi connectivity index (χ1n) is 8.98. The van der Waals surface area contributed by atoms with Crippen molar-refractivity contribution in [1.82, 2.24) is 4.57 Å². The molecule has 1 atom stereocenters. The molecule has 5 nitrogen and oxygen atoms in total. The average Bonchev–Trinajstić information content (AvgIpc) is 3.22. The molecule has 0 bridgehead atoms. The van der Waals surface area contributed by atoms with Gasteiger partial charge in [0.2, 0.25) is 5.91 Å². The molecule has 0 aliphatic carbocycles. The number of hydrogen-bond acceptors (Lipinski definition) is 3. The molecule has 140 valence electrons. The Morgan fingerprint density at radius 3 is 2.44 bits per heavy atom. The minimum absolute atomic E-state index is 0.0549. The van der Waals surface area contributed by atoms with Gasteiger partial charge in [0.25, 0.3) is 0 Å². The fraction of sp³-hybridized carbons (Fsp3) is 0.227. The Balaban J connectivity index is 1.74. The minimum atomic E-state index is -0.113. The number of rotatable bonds is 8. The molecule has 0 radical (unpaired) electrons. The lowest BCUT2D eigenvalue weighted by atomic mass is 10.0. The number of anilines is 1. The first-order valence-corrected chi connectivity index (χ1v) is 8.98. The van der Waals surface area contributed by atoms with Crippen LogP contribution in [0, 0.1) is 0 Å². The zero-order valence-electron chi connectivity index (χ0n) is 15.6. The summed E-state index contributed by atoms with van der Waals surface area (Å²) < 4.78 is 12.8. The topological polar surface area (TPSA) is 52.5 Å². The van der Waals surface area contributed by atoms with Crippen molar-refractivity contribution in [1.29, 1.82) is 0 Å². The van der Waals surface area contributed by atoms with E-state index < -0.39 is 0 Å². The van der Waals surface area contributed by atoms with Gasteiger partial charge in [-0.3, -0.25) is 4.79 Å². The molecule has 3 rings (SSSR count). The van der Waals surface area contributed by atoms with Crippen LogP contribution in [-0.2, 0) is 4.79 Å². The monoisotopic (exact) mass is 364 g/mol. The van der Waals surface area contributed by atoms with Gasteiger partial charge < -0.3 is 19.4 Å². The van der Waals surface area contributed by atoms with Crippen LogP contribution in [0.2, 0.25) is 0 Å². The van der Waals surface area contributed by atoms with Crippen LogP contribution in [0.25, 0.3) is 0 Å². The van der Waals surface area contributed by atoms with E-state index in [1.165, 1.54) is 0 Å². The van der Waals surface area contributed by atoms with E-state index in [1.807, 2.05) is 84.5 Å². The molecule has 0 unspecified atom stereocenters. The third-order valence-corrected chi connectivity index (χ3v) is 4.29. The van der Waals surface area contributed by atoms with Crippen molar-refractivity contribution in [3.05, 3.63) is 78.6 Å². The average molecular weight is 364 g/mol. The molecule has 0 aliphatic heterocycles. The highest BCUT2D eigenvalue weighted by atomic mass is 16.5. The lowest BCUT2D eigenvalue weighted by Crippen LogP contribution is -2.19. The van der Waals surface area contributed by atoms with Gasteiger partial charge in [0.15, 0.2) is 0 Å². The Kier molecular flexibility index (Phi) is 6.15. The maximum atomic E-state index is 12.7. The van der Waals surface area contributed by atoms with E-state index in [-0.39, 0.29) is 11.9 Å². The van der Waals surface area contributed by atoms with Gasteiger partial charge in [-0.05, 0) is 61.0 Å². The summed E-state index contributed by atoms with van der Waals surface area (Å²) in [6, 6.07) is 19.0. The maximum absolute atomic E-state index is 12.7. The lowest BCUT2D eigenvalue weighted by molar-refractivity contribution is -0.116. The fourth-order valence-electron chi connectivity index (χ4n) is 2.99. The second-order valence-corrected chi connectivity index (χ2v) is 6.13. The number of amides is 1. The second kappa shape index (κ2) is 8.94. The standard InChI is InChI=1S/C22H24N2O3/c1-3-27-19-11-9-18(10-12-19)23-22(25)16-21(24-13-4-5-14-24)17-7-6-8-20(15-17)26-2/h4-15,21H,3,16H2,1-2H3,(H,23,25)/t21-/m1/s1. The van der Waals surface area contributed by atoms with Gasteiger partial charge >= 0.3 is 0 Å². The molecule has 5 heteroatoms. The lowest BCUT2D eigenvalue weighted by Gasteiger charge is -2.20. The number of methoxy groups -OCH3 is 1. The smallest absolute Gasteiger partial charge is 0.226 e. The Hall–Kier alpha value is -3.21. The number of aromatic nitrogens is 1. The summed E-state index contributed by atoms with van der Waals surface area (Å²) in [6.45, 7) is 2.56. The summed E-state index contributed by atoms with van der Waals surface area (Å²) in [7, 11) is 1.64. The molecule has 1 amide bonds. The van der Waals surface area contributed by atoms with Crippen LogP contribution < -0.4 is 14.8 Å². The number of benzene rings is 2. The molecule has 1 heterocycles. The van der Waals surface area contributed by atoms with E-state index in [9.17, 15) is 4.79 Å². The molecular formula is C22H24N2O3. The molecule has 2 aromatic carbocycles. The number of carbonyl (C=O) groups excluding carboxylic acids is 1. The van der Waals surface area contributed by atoms with Crippen molar-refractivity contribution in [2.75, 3.05) is 19.0 Å². The normalized spacial score (nSPS) is 11.6. The first kappa shape index (κ1) is 18.6. The molecule has 1 aromatic heterocycles. The molecule has 0 saturated carbocycles. The Morgan fingerprint density at radius 2 is 1.78 bits per heavy atom. The van der Waals surface area contributed by atoms with Gasteiger partial charge in [-0.2, -0.15) is 0 Å². The van der Waals surface area contributed by atoms with E-state index in [4.69, 9.17) is 9.47 Å². The van der Waals surface area contributed by atoms with Crippen molar-refractivity contribution < 1.29 is 14.3 Å².